The van der Waals surface area contributed by atoms with E-state index in [2.05, 4.69) is 10.1 Å². The zero-order valence-electron chi connectivity index (χ0n) is 12.0. The normalized spacial score (nSPS) is 10.5. The van der Waals surface area contributed by atoms with Crippen molar-refractivity contribution in [2.75, 3.05) is 0 Å². The van der Waals surface area contributed by atoms with E-state index in [-0.39, 0.29) is 5.82 Å². The van der Waals surface area contributed by atoms with Gasteiger partial charge in [0.25, 0.3) is 5.91 Å². The lowest BCUT2D eigenvalue weighted by Gasteiger charge is -2.07. The minimum absolute atomic E-state index is 0.337. The van der Waals surface area contributed by atoms with E-state index < -0.39 is 5.91 Å². The molecule has 116 valence electrons. The zero-order chi connectivity index (χ0) is 16.2. The summed E-state index contributed by atoms with van der Waals surface area (Å²) in [4.78, 5) is 15.4. The Morgan fingerprint density at radius 2 is 1.91 bits per heavy atom. The topological polar surface area (TPSA) is 80.0 Å². The number of benzene rings is 2. The van der Waals surface area contributed by atoms with E-state index in [1.807, 2.05) is 0 Å². The Bertz CT molecular complexity index is 830. The van der Waals surface area contributed by atoms with Gasteiger partial charge in [-0.1, -0.05) is 24.3 Å². The van der Waals surface area contributed by atoms with Crippen LogP contribution in [-0.4, -0.2) is 25.9 Å². The summed E-state index contributed by atoms with van der Waals surface area (Å²) in [6.07, 6.45) is 1.37. The number of aromatic nitrogens is 3. The van der Waals surface area contributed by atoms with Crippen molar-refractivity contribution in [3.05, 3.63) is 71.8 Å². The summed E-state index contributed by atoms with van der Waals surface area (Å²) in [5.41, 5.74) is 3.15. The number of nitrogens with zero attached hydrogens (tertiary/aromatic N) is 3. The number of hydroxylamine groups is 1. The fourth-order valence-corrected chi connectivity index (χ4v) is 2.23. The maximum absolute atomic E-state index is 13.9. The summed E-state index contributed by atoms with van der Waals surface area (Å²) in [6.45, 7) is 0.380. The van der Waals surface area contributed by atoms with Crippen molar-refractivity contribution >= 4 is 5.91 Å². The molecule has 0 saturated carbocycles. The Morgan fingerprint density at radius 3 is 2.61 bits per heavy atom. The summed E-state index contributed by atoms with van der Waals surface area (Å²) in [5.74, 6) is -0.513. The van der Waals surface area contributed by atoms with Crippen LogP contribution in [0.3, 0.4) is 0 Å². The average molecular weight is 312 g/mol. The highest BCUT2D eigenvalue weighted by molar-refractivity contribution is 5.93. The number of halogens is 1. The summed E-state index contributed by atoms with van der Waals surface area (Å²) in [7, 11) is 0. The van der Waals surface area contributed by atoms with E-state index in [1.165, 1.54) is 12.4 Å². The highest BCUT2D eigenvalue weighted by atomic mass is 19.1. The molecule has 0 atom stereocenters. The molecule has 6 nitrogen and oxygen atoms in total. The van der Waals surface area contributed by atoms with Crippen LogP contribution in [0.25, 0.3) is 11.4 Å². The molecule has 0 aliphatic rings. The first-order valence-corrected chi connectivity index (χ1v) is 6.85. The summed E-state index contributed by atoms with van der Waals surface area (Å²) >= 11 is 0. The molecule has 3 aromatic rings. The molecule has 0 radical (unpaired) electrons. The number of carbonyl (C=O) groups is 1. The van der Waals surface area contributed by atoms with E-state index >= 15 is 0 Å². The minimum atomic E-state index is -0.579. The third-order valence-electron chi connectivity index (χ3n) is 3.38. The monoisotopic (exact) mass is 312 g/mol. The van der Waals surface area contributed by atoms with Gasteiger partial charge in [0.15, 0.2) is 5.82 Å². The maximum Gasteiger partial charge on any atom is 0.274 e. The average Bonchev–Trinajstić information content (AvgIpc) is 3.03. The lowest BCUT2D eigenvalue weighted by atomic mass is 10.1. The highest BCUT2D eigenvalue weighted by Crippen LogP contribution is 2.20. The van der Waals surface area contributed by atoms with Gasteiger partial charge in [-0.2, -0.15) is 5.10 Å². The molecule has 0 spiro atoms. The Hall–Kier alpha value is -3.06. The number of rotatable bonds is 4. The molecule has 0 aliphatic heterocycles. The van der Waals surface area contributed by atoms with Crippen LogP contribution in [0.4, 0.5) is 4.39 Å². The van der Waals surface area contributed by atoms with Crippen LogP contribution in [0.2, 0.25) is 0 Å². The summed E-state index contributed by atoms with van der Waals surface area (Å²) in [5, 5.41) is 12.7. The first kappa shape index (κ1) is 14.9. The van der Waals surface area contributed by atoms with Crippen molar-refractivity contribution in [1.29, 1.82) is 0 Å². The molecule has 3 rings (SSSR count). The third kappa shape index (κ3) is 3.09. The fourth-order valence-electron chi connectivity index (χ4n) is 2.23. The van der Waals surface area contributed by atoms with Crippen LogP contribution in [0.5, 0.6) is 0 Å². The molecule has 2 N–H and O–H groups in total. The van der Waals surface area contributed by atoms with Gasteiger partial charge in [-0.3, -0.25) is 10.0 Å². The minimum Gasteiger partial charge on any atom is -0.288 e. The second-order valence-electron chi connectivity index (χ2n) is 4.86. The van der Waals surface area contributed by atoms with E-state index in [0.29, 0.717) is 23.5 Å². The number of amides is 1. The van der Waals surface area contributed by atoms with Crippen LogP contribution in [0.15, 0.2) is 54.9 Å². The Kier molecular flexibility index (Phi) is 4.11. The van der Waals surface area contributed by atoms with Crippen LogP contribution in [0.1, 0.15) is 15.9 Å². The van der Waals surface area contributed by atoms with Crippen molar-refractivity contribution in [3.8, 4) is 11.4 Å². The molecule has 23 heavy (non-hydrogen) atoms. The molecule has 1 aromatic heterocycles. The summed E-state index contributed by atoms with van der Waals surface area (Å²) in [6, 6.07) is 13.0. The Morgan fingerprint density at radius 1 is 1.17 bits per heavy atom. The zero-order valence-corrected chi connectivity index (χ0v) is 12.0. The van der Waals surface area contributed by atoms with Crippen molar-refractivity contribution in [1.82, 2.24) is 20.2 Å². The largest absolute Gasteiger partial charge is 0.288 e. The SMILES string of the molecule is O=C(NO)c1ccc(Cn2ncnc2-c2ccccc2F)cc1. The fraction of sp³-hybridized carbons (Fsp3) is 0.0625. The van der Waals surface area contributed by atoms with E-state index in [1.54, 1.807) is 52.6 Å². The van der Waals surface area contributed by atoms with Crippen LogP contribution < -0.4 is 5.48 Å². The van der Waals surface area contributed by atoms with Gasteiger partial charge >= 0.3 is 0 Å². The van der Waals surface area contributed by atoms with Gasteiger partial charge in [0.1, 0.15) is 12.1 Å². The molecule has 0 saturated heterocycles. The van der Waals surface area contributed by atoms with Gasteiger partial charge in [-0.05, 0) is 29.8 Å². The Labute approximate surface area is 131 Å². The molecule has 0 unspecified atom stereocenters. The van der Waals surface area contributed by atoms with Crippen molar-refractivity contribution in [2.24, 2.45) is 0 Å². The highest BCUT2D eigenvalue weighted by Gasteiger charge is 2.12. The smallest absolute Gasteiger partial charge is 0.274 e. The molecular formula is C16H13FN4O2. The predicted molar refractivity (Wildman–Crippen MR) is 80.2 cm³/mol. The second kappa shape index (κ2) is 6.37. The number of carbonyl (C=O) groups excluding carboxylic acids is 1. The first-order chi connectivity index (χ1) is 11.2. The lowest BCUT2D eigenvalue weighted by Crippen LogP contribution is -2.18. The number of nitrogens with one attached hydrogen (secondary N) is 1. The van der Waals surface area contributed by atoms with Gasteiger partial charge < -0.3 is 0 Å². The lowest BCUT2D eigenvalue weighted by molar-refractivity contribution is 0.0706. The van der Waals surface area contributed by atoms with Gasteiger partial charge in [-0.25, -0.2) is 19.5 Å². The molecule has 0 bridgehead atoms. The maximum atomic E-state index is 13.9. The molecule has 0 aliphatic carbocycles. The van der Waals surface area contributed by atoms with Crippen LogP contribution in [0, 0.1) is 5.82 Å². The van der Waals surface area contributed by atoms with Crippen molar-refractivity contribution in [3.63, 3.8) is 0 Å². The van der Waals surface area contributed by atoms with Crippen molar-refractivity contribution in [2.45, 2.75) is 6.54 Å². The van der Waals surface area contributed by atoms with E-state index in [9.17, 15) is 9.18 Å². The summed E-state index contributed by atoms with van der Waals surface area (Å²) < 4.78 is 15.5. The first-order valence-electron chi connectivity index (χ1n) is 6.85. The standard InChI is InChI=1S/C16H13FN4O2/c17-14-4-2-1-3-13(14)15-18-10-19-21(15)9-11-5-7-12(8-6-11)16(22)20-23/h1-8,10,23H,9H2,(H,20,22). The predicted octanol–water partition coefficient (Wildman–Crippen LogP) is 2.25. The molecule has 0 fully saturated rings. The van der Waals surface area contributed by atoms with Crippen molar-refractivity contribution < 1.29 is 14.4 Å². The molecule has 1 heterocycles. The Balaban J connectivity index is 1.86. The van der Waals surface area contributed by atoms with E-state index in [4.69, 9.17) is 5.21 Å². The second-order valence-corrected chi connectivity index (χ2v) is 4.86. The number of hydrogen-bond donors (Lipinski definition) is 2. The van der Waals surface area contributed by atoms with Crippen LogP contribution >= 0.6 is 0 Å². The van der Waals surface area contributed by atoms with Crippen LogP contribution in [-0.2, 0) is 6.54 Å². The molecule has 7 heteroatoms. The van der Waals surface area contributed by atoms with E-state index in [0.717, 1.165) is 5.56 Å². The van der Waals surface area contributed by atoms with Gasteiger partial charge in [0.2, 0.25) is 0 Å². The quantitative estimate of drug-likeness (QED) is 0.572. The third-order valence-corrected chi connectivity index (χ3v) is 3.38. The molecule has 2 aromatic carbocycles. The molecule has 1 amide bonds. The number of hydrogen-bond acceptors (Lipinski definition) is 4. The molecular weight excluding hydrogens is 299 g/mol. The van der Waals surface area contributed by atoms with Gasteiger partial charge in [0.05, 0.1) is 12.1 Å². The van der Waals surface area contributed by atoms with Gasteiger partial charge in [-0.15, -0.1) is 0 Å². The van der Waals surface area contributed by atoms with Gasteiger partial charge in [0, 0.05) is 5.56 Å².